The smallest absolute Gasteiger partial charge is 0.246 e. The zero-order valence-corrected chi connectivity index (χ0v) is 14.3. The minimum absolute atomic E-state index is 0.0102. The number of ether oxygens (including phenoxy) is 2. The van der Waals surface area contributed by atoms with Crippen LogP contribution >= 0.6 is 0 Å². The molecule has 9 heteroatoms. The van der Waals surface area contributed by atoms with E-state index in [2.05, 4.69) is 9.88 Å². The van der Waals surface area contributed by atoms with Crippen LogP contribution in [-0.2, 0) is 15.6 Å². The third kappa shape index (κ3) is 2.97. The van der Waals surface area contributed by atoms with Crippen LogP contribution in [0.5, 0.6) is 11.5 Å². The van der Waals surface area contributed by atoms with Crippen LogP contribution in [0, 0.1) is 13.8 Å². The fraction of sp³-hybridized carbons (Fsp3) is 0.400. The van der Waals surface area contributed by atoms with Crippen molar-refractivity contribution in [1.82, 2.24) is 9.88 Å². The van der Waals surface area contributed by atoms with Crippen molar-refractivity contribution >= 4 is 10.0 Å². The second-order valence-corrected chi connectivity index (χ2v) is 7.52. The van der Waals surface area contributed by atoms with Gasteiger partial charge in [0.25, 0.3) is 0 Å². The molecule has 0 radical (unpaired) electrons. The van der Waals surface area contributed by atoms with Gasteiger partial charge in [0.05, 0.1) is 0 Å². The van der Waals surface area contributed by atoms with Gasteiger partial charge in [0.15, 0.2) is 17.3 Å². The molecule has 1 aromatic heterocycles. The summed E-state index contributed by atoms with van der Waals surface area (Å²) in [5, 5.41) is 14.3. The average molecular weight is 354 g/mol. The molecule has 1 unspecified atom stereocenters. The predicted molar refractivity (Wildman–Crippen MR) is 83.3 cm³/mol. The lowest BCUT2D eigenvalue weighted by atomic mass is 9.96. The van der Waals surface area contributed by atoms with Crippen molar-refractivity contribution < 1.29 is 27.5 Å². The van der Waals surface area contributed by atoms with Crippen LogP contribution in [0.25, 0.3) is 0 Å². The minimum Gasteiger partial charge on any atom is -0.454 e. The van der Waals surface area contributed by atoms with Gasteiger partial charge in [-0.15, -0.1) is 0 Å². The zero-order chi connectivity index (χ0) is 17.5. The summed E-state index contributed by atoms with van der Waals surface area (Å²) in [7, 11) is -3.85. The summed E-state index contributed by atoms with van der Waals surface area (Å²) in [5.74, 6) is 1.30. The molecule has 2 N–H and O–H groups in total. The first-order valence-electron chi connectivity index (χ1n) is 7.26. The summed E-state index contributed by atoms with van der Waals surface area (Å²) in [5.41, 5.74) is -0.663. The van der Waals surface area contributed by atoms with Gasteiger partial charge in [0, 0.05) is 6.54 Å². The van der Waals surface area contributed by atoms with E-state index in [0.29, 0.717) is 17.1 Å². The van der Waals surface area contributed by atoms with Gasteiger partial charge in [-0.05, 0) is 38.5 Å². The van der Waals surface area contributed by atoms with Gasteiger partial charge in [-0.1, -0.05) is 11.2 Å². The Bertz CT molecular complexity index is 853. The summed E-state index contributed by atoms with van der Waals surface area (Å²) in [6, 6.07) is 4.97. The first-order valence-corrected chi connectivity index (χ1v) is 8.74. The highest BCUT2D eigenvalue weighted by atomic mass is 32.2. The largest absolute Gasteiger partial charge is 0.454 e. The van der Waals surface area contributed by atoms with Crippen LogP contribution in [0.4, 0.5) is 0 Å². The molecule has 0 saturated carbocycles. The molecule has 8 nitrogen and oxygen atoms in total. The van der Waals surface area contributed by atoms with Crippen LogP contribution < -0.4 is 14.2 Å². The van der Waals surface area contributed by atoms with Crippen LogP contribution in [0.15, 0.2) is 27.6 Å². The lowest BCUT2D eigenvalue weighted by Gasteiger charge is -2.24. The number of benzene rings is 1. The Morgan fingerprint density at radius 3 is 2.67 bits per heavy atom. The topological polar surface area (TPSA) is 111 Å². The lowest BCUT2D eigenvalue weighted by molar-refractivity contribution is 0.0625. The third-order valence-corrected chi connectivity index (χ3v) is 5.48. The molecule has 0 saturated heterocycles. The number of hydrogen-bond acceptors (Lipinski definition) is 7. The number of sulfonamides is 1. The molecule has 2 heterocycles. The number of hydrogen-bond donors (Lipinski definition) is 2. The predicted octanol–water partition coefficient (Wildman–Crippen LogP) is 1.21. The molecule has 0 aliphatic carbocycles. The second-order valence-electron chi connectivity index (χ2n) is 5.82. The number of aryl methyl sites for hydroxylation is 2. The van der Waals surface area contributed by atoms with Crippen molar-refractivity contribution in [2.24, 2.45) is 0 Å². The molecule has 1 aliphatic rings. The van der Waals surface area contributed by atoms with E-state index in [1.54, 1.807) is 25.1 Å². The maximum Gasteiger partial charge on any atom is 0.246 e. The van der Waals surface area contributed by atoms with E-state index in [4.69, 9.17) is 14.0 Å². The summed E-state index contributed by atoms with van der Waals surface area (Å²) >= 11 is 0. The molecule has 1 atom stereocenters. The van der Waals surface area contributed by atoms with Crippen LogP contribution in [0.3, 0.4) is 0 Å². The maximum atomic E-state index is 12.4. The molecule has 130 valence electrons. The molecular formula is C15H18N2O6S. The fourth-order valence-electron chi connectivity index (χ4n) is 2.50. The molecule has 0 amide bonds. The van der Waals surface area contributed by atoms with Crippen LogP contribution in [0.2, 0.25) is 0 Å². The Labute approximate surface area is 139 Å². The van der Waals surface area contributed by atoms with Crippen LogP contribution in [-0.4, -0.2) is 32.0 Å². The summed E-state index contributed by atoms with van der Waals surface area (Å²) in [4.78, 5) is -0.0102. The molecule has 24 heavy (non-hydrogen) atoms. The minimum atomic E-state index is -3.85. The molecule has 1 aliphatic heterocycles. The standard InChI is InChI=1S/C15H18N2O6S/c1-9-14(10(2)23-17-9)24(19,20)16-7-15(3,18)11-4-5-12-13(6-11)22-8-21-12/h4-6,16,18H,7-8H2,1-3H3. The highest BCUT2D eigenvalue weighted by molar-refractivity contribution is 7.89. The van der Waals surface area contributed by atoms with Gasteiger partial charge in [-0.2, -0.15) is 0 Å². The van der Waals surface area contributed by atoms with E-state index in [0.717, 1.165) is 0 Å². The highest BCUT2D eigenvalue weighted by Crippen LogP contribution is 2.35. The monoisotopic (exact) mass is 354 g/mol. The Morgan fingerprint density at radius 2 is 2.00 bits per heavy atom. The number of aliphatic hydroxyl groups is 1. The van der Waals surface area contributed by atoms with Gasteiger partial charge in [-0.3, -0.25) is 0 Å². The number of fused-ring (bicyclic) bond motifs is 1. The van der Waals surface area contributed by atoms with E-state index in [9.17, 15) is 13.5 Å². The van der Waals surface area contributed by atoms with Gasteiger partial charge in [-0.25, -0.2) is 13.1 Å². The van der Waals surface area contributed by atoms with E-state index in [-0.39, 0.29) is 29.7 Å². The molecular weight excluding hydrogens is 336 g/mol. The van der Waals surface area contributed by atoms with Gasteiger partial charge in [0.2, 0.25) is 16.8 Å². The van der Waals surface area contributed by atoms with Crippen molar-refractivity contribution in [3.8, 4) is 11.5 Å². The van der Waals surface area contributed by atoms with E-state index in [1.807, 2.05) is 0 Å². The van der Waals surface area contributed by atoms with Crippen molar-refractivity contribution in [1.29, 1.82) is 0 Å². The molecule has 2 aromatic rings. The first kappa shape index (κ1) is 16.7. The summed E-state index contributed by atoms with van der Waals surface area (Å²) in [6.45, 7) is 4.48. The lowest BCUT2D eigenvalue weighted by Crippen LogP contribution is -2.38. The quantitative estimate of drug-likeness (QED) is 0.830. The van der Waals surface area contributed by atoms with Gasteiger partial charge in [0.1, 0.15) is 16.2 Å². The number of nitrogens with zero attached hydrogens (tertiary/aromatic N) is 1. The average Bonchev–Trinajstić information content (AvgIpc) is 3.11. The van der Waals surface area contributed by atoms with Crippen molar-refractivity contribution in [2.45, 2.75) is 31.3 Å². The third-order valence-electron chi connectivity index (χ3n) is 3.84. The normalized spacial score (nSPS) is 16.2. The van der Waals surface area contributed by atoms with Crippen molar-refractivity contribution in [3.63, 3.8) is 0 Å². The fourth-order valence-corrected chi connectivity index (χ4v) is 3.96. The Kier molecular flexibility index (Phi) is 4.02. The van der Waals surface area contributed by atoms with E-state index < -0.39 is 15.6 Å². The van der Waals surface area contributed by atoms with Gasteiger partial charge < -0.3 is 19.1 Å². The van der Waals surface area contributed by atoms with E-state index in [1.165, 1.54) is 13.8 Å². The Balaban J connectivity index is 1.80. The number of nitrogens with one attached hydrogen (secondary N) is 1. The Morgan fingerprint density at radius 1 is 1.29 bits per heavy atom. The number of aromatic nitrogens is 1. The Hall–Kier alpha value is -2.10. The second kappa shape index (κ2) is 5.76. The SMILES string of the molecule is Cc1noc(C)c1S(=O)(=O)NCC(C)(O)c1ccc2c(c1)OCO2. The summed E-state index contributed by atoms with van der Waals surface area (Å²) < 4.78 is 42.7. The molecule has 0 bridgehead atoms. The molecule has 0 spiro atoms. The van der Waals surface area contributed by atoms with Crippen molar-refractivity contribution in [3.05, 3.63) is 35.2 Å². The summed E-state index contributed by atoms with van der Waals surface area (Å²) in [6.07, 6.45) is 0. The number of rotatable bonds is 5. The molecule has 1 aromatic carbocycles. The van der Waals surface area contributed by atoms with Gasteiger partial charge >= 0.3 is 0 Å². The van der Waals surface area contributed by atoms with Crippen molar-refractivity contribution in [2.75, 3.05) is 13.3 Å². The zero-order valence-electron chi connectivity index (χ0n) is 13.5. The molecule has 0 fully saturated rings. The van der Waals surface area contributed by atoms with E-state index >= 15 is 0 Å². The first-order chi connectivity index (χ1) is 11.2. The maximum absolute atomic E-state index is 12.4. The van der Waals surface area contributed by atoms with Crippen LogP contribution in [0.1, 0.15) is 23.9 Å². The molecule has 3 rings (SSSR count). The highest BCUT2D eigenvalue weighted by Gasteiger charge is 2.30.